The number of anilines is 1. The van der Waals surface area contributed by atoms with Gasteiger partial charge in [-0.25, -0.2) is 4.39 Å². The molecule has 9 heteroatoms. The molecule has 0 aromatic heterocycles. The molecule has 0 atom stereocenters. The van der Waals surface area contributed by atoms with Crippen LogP contribution in [0.15, 0.2) is 18.2 Å². The lowest BCUT2D eigenvalue weighted by Gasteiger charge is -2.19. The molecule has 2 N–H and O–H groups in total. The fourth-order valence-electron chi connectivity index (χ4n) is 4.39. The van der Waals surface area contributed by atoms with E-state index in [1.807, 2.05) is 13.0 Å². The quantitative estimate of drug-likeness (QED) is 0.466. The second kappa shape index (κ2) is 9.82. The Kier molecular flexibility index (Phi) is 7.45. The van der Waals surface area contributed by atoms with Crippen molar-refractivity contribution in [1.82, 2.24) is 4.90 Å². The number of hydrogen-bond acceptors (Lipinski definition) is 6. The van der Waals surface area contributed by atoms with E-state index < -0.39 is 5.82 Å². The molecule has 0 saturated carbocycles. The third-order valence-corrected chi connectivity index (χ3v) is 6.09. The van der Waals surface area contributed by atoms with E-state index in [-0.39, 0.29) is 65.0 Å². The highest BCUT2D eigenvalue weighted by molar-refractivity contribution is 8.93. The Hall–Kier alpha value is -2.81. The maximum Gasteiger partial charge on any atom is 0.197 e. The zero-order valence-corrected chi connectivity index (χ0v) is 21.8. The van der Waals surface area contributed by atoms with Gasteiger partial charge in [0.25, 0.3) is 0 Å². The highest BCUT2D eigenvalue weighted by atomic mass is 79.9. The lowest BCUT2D eigenvalue weighted by Crippen LogP contribution is -2.30. The minimum Gasteiger partial charge on any atom is -0.490 e. The lowest BCUT2D eigenvalue weighted by molar-refractivity contribution is 0.0962. The zero-order valence-electron chi connectivity index (χ0n) is 20.1. The Balaban J connectivity index is 0.00000324. The molecule has 2 aliphatic heterocycles. The van der Waals surface area contributed by atoms with Gasteiger partial charge in [-0.1, -0.05) is 13.8 Å². The molecule has 0 fully saturated rings. The first-order valence-electron chi connectivity index (χ1n) is 11.2. The van der Waals surface area contributed by atoms with E-state index in [4.69, 9.17) is 19.6 Å². The molecule has 4 rings (SSSR count). The van der Waals surface area contributed by atoms with Crippen molar-refractivity contribution in [2.75, 3.05) is 38.7 Å². The number of fused-ring (bicyclic) bond motifs is 2. The number of ketones is 1. The molecule has 7 nitrogen and oxygen atoms in total. The molecule has 2 heterocycles. The van der Waals surface area contributed by atoms with Crippen molar-refractivity contribution < 1.29 is 23.4 Å². The topological polar surface area (TPSA) is 83.9 Å². The number of carbonyl (C=O) groups is 1. The minimum atomic E-state index is -0.619. The number of hydrogen-bond donors (Lipinski definition) is 2. The lowest BCUT2D eigenvalue weighted by atomic mass is 9.85. The van der Waals surface area contributed by atoms with Crippen LogP contribution in [0.4, 0.5) is 10.1 Å². The van der Waals surface area contributed by atoms with Gasteiger partial charge in [-0.2, -0.15) is 0 Å². The molecule has 0 spiro atoms. The summed E-state index contributed by atoms with van der Waals surface area (Å²) in [6.07, 6.45) is 0. The van der Waals surface area contributed by atoms with Gasteiger partial charge in [0.2, 0.25) is 0 Å². The fourth-order valence-corrected chi connectivity index (χ4v) is 4.39. The number of Topliss-reactive ketones (excluding diaryl/α,β-unsaturated/α-hetero) is 1. The van der Waals surface area contributed by atoms with E-state index in [0.29, 0.717) is 30.1 Å². The van der Waals surface area contributed by atoms with Crippen LogP contribution in [0.2, 0.25) is 0 Å². The molecule has 2 aromatic carbocycles. The number of amidine groups is 1. The normalized spacial score (nSPS) is 15.2. The molecule has 0 unspecified atom stereocenters. The Morgan fingerprint density at radius 1 is 1.24 bits per heavy atom. The molecule has 0 bridgehead atoms. The van der Waals surface area contributed by atoms with E-state index in [9.17, 15) is 4.79 Å². The van der Waals surface area contributed by atoms with Crippen LogP contribution in [0.5, 0.6) is 17.2 Å². The summed E-state index contributed by atoms with van der Waals surface area (Å²) in [7, 11) is 1.79. The van der Waals surface area contributed by atoms with Gasteiger partial charge in [-0.05, 0) is 37.6 Å². The van der Waals surface area contributed by atoms with Crippen molar-refractivity contribution in [3.63, 3.8) is 0 Å². The molecule has 0 amide bonds. The zero-order chi connectivity index (χ0) is 23.9. The van der Waals surface area contributed by atoms with E-state index in [1.54, 1.807) is 31.0 Å². The number of nitrogens with zero attached hydrogens (tertiary/aromatic N) is 1. The summed E-state index contributed by atoms with van der Waals surface area (Å²) < 4.78 is 32.2. The highest BCUT2D eigenvalue weighted by Crippen LogP contribution is 2.44. The van der Waals surface area contributed by atoms with Crippen LogP contribution in [0, 0.1) is 11.2 Å². The molecule has 0 radical (unpaired) electrons. The van der Waals surface area contributed by atoms with E-state index in [1.165, 1.54) is 0 Å². The molecular formula is C25H31BrFN3O4. The predicted octanol–water partition coefficient (Wildman–Crippen LogP) is 4.94. The summed E-state index contributed by atoms with van der Waals surface area (Å²) in [5, 5.41) is 11.7. The summed E-state index contributed by atoms with van der Waals surface area (Å²) in [5.41, 5.74) is 2.83. The standard InChI is InChI=1S/C25H30FN3O4.BrH/c1-6-31-19-10-15-11-29(24(27)20(15)21(26)23(19)32-7-2)12-18(30)14-8-16-22(17(9-14)28-5)33-13-25(16,3)4;/h8-10,27-28H,6-7,11-13H2,1-5H3;1H. The molecule has 0 aliphatic carbocycles. The molecule has 2 aromatic rings. The summed E-state index contributed by atoms with van der Waals surface area (Å²) in [5.74, 6) is 0.302. The van der Waals surface area contributed by atoms with Crippen LogP contribution >= 0.6 is 17.0 Å². The van der Waals surface area contributed by atoms with Gasteiger partial charge in [-0.3, -0.25) is 10.2 Å². The number of rotatable bonds is 8. The van der Waals surface area contributed by atoms with Gasteiger partial charge in [0.1, 0.15) is 11.6 Å². The average molecular weight is 536 g/mol. The summed E-state index contributed by atoms with van der Waals surface area (Å²) in [4.78, 5) is 14.8. The van der Waals surface area contributed by atoms with Crippen molar-refractivity contribution in [2.45, 2.75) is 39.7 Å². The van der Waals surface area contributed by atoms with Gasteiger partial charge in [0.05, 0.1) is 37.6 Å². The Morgan fingerprint density at radius 2 is 1.94 bits per heavy atom. The van der Waals surface area contributed by atoms with Crippen LogP contribution in [0.3, 0.4) is 0 Å². The first-order valence-corrected chi connectivity index (χ1v) is 11.2. The van der Waals surface area contributed by atoms with Crippen molar-refractivity contribution in [3.05, 3.63) is 46.3 Å². The molecule has 34 heavy (non-hydrogen) atoms. The van der Waals surface area contributed by atoms with Crippen LogP contribution in [0.25, 0.3) is 0 Å². The summed E-state index contributed by atoms with van der Waals surface area (Å²) >= 11 is 0. The van der Waals surface area contributed by atoms with Gasteiger partial charge in [-0.15, -0.1) is 17.0 Å². The Morgan fingerprint density at radius 3 is 2.59 bits per heavy atom. The fraction of sp³-hybridized carbons (Fsp3) is 0.440. The van der Waals surface area contributed by atoms with E-state index in [2.05, 4.69) is 19.2 Å². The third-order valence-electron chi connectivity index (χ3n) is 6.09. The number of nitrogens with one attached hydrogen (secondary N) is 2. The van der Waals surface area contributed by atoms with Crippen LogP contribution in [-0.2, 0) is 12.0 Å². The molecular weight excluding hydrogens is 505 g/mol. The van der Waals surface area contributed by atoms with Crippen LogP contribution < -0.4 is 19.5 Å². The SMILES string of the molecule is Br.CCOc1cc2c(c(F)c1OCC)C(=N)N(CC(=O)c1cc(NC)c3c(c1)C(C)(C)CO3)C2. The Bertz CT molecular complexity index is 1140. The van der Waals surface area contributed by atoms with Gasteiger partial charge < -0.3 is 24.4 Å². The van der Waals surface area contributed by atoms with Crippen molar-refractivity contribution in [1.29, 1.82) is 5.41 Å². The highest BCUT2D eigenvalue weighted by Gasteiger charge is 2.36. The van der Waals surface area contributed by atoms with Gasteiger partial charge in [0.15, 0.2) is 23.1 Å². The second-order valence-corrected chi connectivity index (χ2v) is 8.87. The van der Waals surface area contributed by atoms with Gasteiger partial charge >= 0.3 is 0 Å². The first kappa shape index (κ1) is 25.8. The van der Waals surface area contributed by atoms with Crippen molar-refractivity contribution >= 4 is 34.3 Å². The monoisotopic (exact) mass is 535 g/mol. The summed E-state index contributed by atoms with van der Waals surface area (Å²) in [6, 6.07) is 5.36. The first-order chi connectivity index (χ1) is 15.7. The predicted molar refractivity (Wildman–Crippen MR) is 135 cm³/mol. The number of ether oxygens (including phenoxy) is 3. The maximum atomic E-state index is 15.3. The van der Waals surface area contributed by atoms with Crippen LogP contribution in [-0.4, -0.2) is 49.9 Å². The molecule has 184 valence electrons. The van der Waals surface area contributed by atoms with Gasteiger partial charge in [0, 0.05) is 30.1 Å². The van der Waals surface area contributed by atoms with Crippen LogP contribution in [0.1, 0.15) is 54.7 Å². The van der Waals surface area contributed by atoms with Crippen molar-refractivity contribution in [2.24, 2.45) is 0 Å². The third kappa shape index (κ3) is 4.33. The van der Waals surface area contributed by atoms with E-state index >= 15 is 4.39 Å². The van der Waals surface area contributed by atoms with Crippen molar-refractivity contribution in [3.8, 4) is 17.2 Å². The van der Waals surface area contributed by atoms with E-state index in [0.717, 1.165) is 17.0 Å². The largest absolute Gasteiger partial charge is 0.490 e. The number of carbonyl (C=O) groups excluding carboxylic acids is 1. The Labute approximate surface area is 209 Å². The molecule has 0 saturated heterocycles. The number of halogens is 2. The maximum absolute atomic E-state index is 15.3. The minimum absolute atomic E-state index is 0. The number of benzene rings is 2. The molecule has 2 aliphatic rings. The smallest absolute Gasteiger partial charge is 0.197 e. The average Bonchev–Trinajstić information content (AvgIpc) is 3.26. The summed E-state index contributed by atoms with van der Waals surface area (Å²) in [6.45, 7) is 9.14. The second-order valence-electron chi connectivity index (χ2n) is 8.87.